The molecule has 1 aromatic heterocycles. The molecule has 3 N–H and O–H groups in total. The molecule has 164 valence electrons. The minimum atomic E-state index is -4.48. The van der Waals surface area contributed by atoms with Crippen molar-refractivity contribution in [1.29, 1.82) is 0 Å². The number of hydrogen-bond acceptors (Lipinski definition) is 5. The van der Waals surface area contributed by atoms with Gasteiger partial charge >= 0.3 is 6.18 Å². The van der Waals surface area contributed by atoms with Gasteiger partial charge in [0, 0.05) is 17.4 Å². The highest BCUT2D eigenvalue weighted by Crippen LogP contribution is 2.30. The minimum absolute atomic E-state index is 0.0131. The van der Waals surface area contributed by atoms with Gasteiger partial charge in [0.15, 0.2) is 0 Å². The van der Waals surface area contributed by atoms with Crippen molar-refractivity contribution in [3.8, 4) is 11.3 Å². The summed E-state index contributed by atoms with van der Waals surface area (Å²) >= 11 is 0. The standard InChI is InChI=1S/C21H20F3N3O3S/c1-25-20(13-28)15-3-2-4-17(11-15)27-31(29,30)18-8-5-14(6-9-18)19-10-7-16(12-26-19)21(22,23)24/h2-12,20,25,27-28H,13H2,1H3. The van der Waals surface area contributed by atoms with Crippen LogP contribution in [0.2, 0.25) is 0 Å². The molecule has 3 rings (SSSR count). The summed E-state index contributed by atoms with van der Waals surface area (Å²) in [5.41, 5.74) is 0.964. The first-order valence-electron chi connectivity index (χ1n) is 9.18. The minimum Gasteiger partial charge on any atom is -0.394 e. The molecule has 1 unspecified atom stereocenters. The van der Waals surface area contributed by atoms with E-state index in [9.17, 15) is 26.7 Å². The van der Waals surface area contributed by atoms with E-state index in [4.69, 9.17) is 0 Å². The Hall–Kier alpha value is -2.95. The van der Waals surface area contributed by atoms with Crippen LogP contribution in [0.4, 0.5) is 18.9 Å². The number of pyridine rings is 1. The molecule has 0 radical (unpaired) electrons. The third-order valence-electron chi connectivity index (χ3n) is 4.62. The molecule has 1 heterocycles. The summed E-state index contributed by atoms with van der Waals surface area (Å²) in [6.45, 7) is -0.147. The average molecular weight is 451 g/mol. The van der Waals surface area contributed by atoms with Crippen LogP contribution in [-0.2, 0) is 16.2 Å². The SMILES string of the molecule is CNC(CO)c1cccc(NS(=O)(=O)c2ccc(-c3ccc(C(F)(F)F)cn3)cc2)c1. The first kappa shape index (κ1) is 22.7. The van der Waals surface area contributed by atoms with E-state index in [0.29, 0.717) is 22.5 Å². The molecule has 0 aliphatic heterocycles. The molecule has 10 heteroatoms. The molecule has 6 nitrogen and oxygen atoms in total. The Labute approximate surface area is 177 Å². The number of aliphatic hydroxyl groups excluding tert-OH is 1. The second-order valence-electron chi connectivity index (χ2n) is 6.71. The smallest absolute Gasteiger partial charge is 0.394 e. The number of benzene rings is 2. The van der Waals surface area contributed by atoms with Crippen LogP contribution in [0.1, 0.15) is 17.2 Å². The molecule has 1 atom stereocenters. The second-order valence-corrected chi connectivity index (χ2v) is 8.39. The summed E-state index contributed by atoms with van der Waals surface area (Å²) in [5.74, 6) is 0. The van der Waals surface area contributed by atoms with Crippen LogP contribution >= 0.6 is 0 Å². The van der Waals surface area contributed by atoms with Crippen molar-refractivity contribution in [3.05, 3.63) is 78.0 Å². The summed E-state index contributed by atoms with van der Waals surface area (Å²) in [7, 11) is -2.21. The monoisotopic (exact) mass is 451 g/mol. The number of anilines is 1. The highest BCUT2D eigenvalue weighted by atomic mass is 32.2. The fourth-order valence-electron chi connectivity index (χ4n) is 2.93. The second kappa shape index (κ2) is 9.04. The van der Waals surface area contributed by atoms with Crippen molar-refractivity contribution in [3.63, 3.8) is 0 Å². The van der Waals surface area contributed by atoms with Crippen molar-refractivity contribution < 1.29 is 26.7 Å². The molecule has 0 saturated carbocycles. The topological polar surface area (TPSA) is 91.3 Å². The van der Waals surface area contributed by atoms with Gasteiger partial charge in [0.2, 0.25) is 0 Å². The van der Waals surface area contributed by atoms with E-state index < -0.39 is 21.8 Å². The van der Waals surface area contributed by atoms with Gasteiger partial charge in [0.1, 0.15) is 0 Å². The molecular formula is C21H20F3N3O3S. The molecule has 0 fully saturated rings. The molecular weight excluding hydrogens is 431 g/mol. The molecule has 0 aliphatic rings. The predicted molar refractivity (Wildman–Crippen MR) is 111 cm³/mol. The number of hydrogen-bond donors (Lipinski definition) is 3. The highest BCUT2D eigenvalue weighted by molar-refractivity contribution is 7.92. The lowest BCUT2D eigenvalue weighted by atomic mass is 10.1. The zero-order chi connectivity index (χ0) is 22.6. The van der Waals surface area contributed by atoms with Crippen LogP contribution in [0.3, 0.4) is 0 Å². The Bertz CT molecular complexity index is 1130. The first-order chi connectivity index (χ1) is 14.6. The van der Waals surface area contributed by atoms with Crippen LogP contribution in [0, 0.1) is 0 Å². The Morgan fingerprint density at radius 3 is 2.32 bits per heavy atom. The van der Waals surface area contributed by atoms with Crippen molar-refractivity contribution in [2.24, 2.45) is 0 Å². The van der Waals surface area contributed by atoms with E-state index in [0.717, 1.165) is 12.3 Å². The van der Waals surface area contributed by atoms with Crippen LogP contribution in [-0.4, -0.2) is 32.2 Å². The lowest BCUT2D eigenvalue weighted by Gasteiger charge is -2.15. The number of nitrogens with one attached hydrogen (secondary N) is 2. The van der Waals surface area contributed by atoms with Gasteiger partial charge in [0.25, 0.3) is 10.0 Å². The maximum atomic E-state index is 12.7. The third-order valence-corrected chi connectivity index (χ3v) is 6.02. The van der Waals surface area contributed by atoms with Crippen molar-refractivity contribution in [2.45, 2.75) is 17.1 Å². The van der Waals surface area contributed by atoms with Crippen molar-refractivity contribution >= 4 is 15.7 Å². The molecule has 2 aromatic carbocycles. The molecule has 0 spiro atoms. The van der Waals surface area contributed by atoms with Crippen LogP contribution < -0.4 is 10.0 Å². The average Bonchev–Trinajstić information content (AvgIpc) is 2.74. The van der Waals surface area contributed by atoms with E-state index in [-0.39, 0.29) is 17.5 Å². The Morgan fingerprint density at radius 2 is 1.77 bits per heavy atom. The van der Waals surface area contributed by atoms with E-state index in [1.54, 1.807) is 31.3 Å². The van der Waals surface area contributed by atoms with Gasteiger partial charge in [-0.05, 0) is 49.0 Å². The Balaban J connectivity index is 1.79. The number of aromatic nitrogens is 1. The molecule has 0 aliphatic carbocycles. The fourth-order valence-corrected chi connectivity index (χ4v) is 3.98. The van der Waals surface area contributed by atoms with E-state index in [1.165, 1.54) is 30.3 Å². The zero-order valence-electron chi connectivity index (χ0n) is 16.4. The van der Waals surface area contributed by atoms with Gasteiger partial charge in [-0.1, -0.05) is 24.3 Å². The van der Waals surface area contributed by atoms with Crippen LogP contribution in [0.15, 0.2) is 71.8 Å². The third kappa shape index (κ3) is 5.40. The summed E-state index contributed by atoms with van der Waals surface area (Å²) in [6, 6.07) is 14.1. The Morgan fingerprint density at radius 1 is 1.06 bits per heavy atom. The fraction of sp³-hybridized carbons (Fsp3) is 0.190. The first-order valence-corrected chi connectivity index (χ1v) is 10.7. The van der Waals surface area contributed by atoms with Gasteiger partial charge in [-0.15, -0.1) is 0 Å². The highest BCUT2D eigenvalue weighted by Gasteiger charge is 2.30. The van der Waals surface area contributed by atoms with E-state index in [2.05, 4.69) is 15.0 Å². The van der Waals surface area contributed by atoms with Crippen LogP contribution in [0.5, 0.6) is 0 Å². The quantitative estimate of drug-likeness (QED) is 0.508. The predicted octanol–water partition coefficient (Wildman–Crippen LogP) is 3.82. The van der Waals surface area contributed by atoms with Gasteiger partial charge in [-0.2, -0.15) is 13.2 Å². The van der Waals surface area contributed by atoms with Crippen LogP contribution in [0.25, 0.3) is 11.3 Å². The molecule has 0 bridgehead atoms. The number of sulfonamides is 1. The molecule has 3 aromatic rings. The number of alkyl halides is 3. The Kier molecular flexibility index (Phi) is 6.63. The molecule has 0 amide bonds. The number of aliphatic hydroxyl groups is 1. The molecule has 0 saturated heterocycles. The summed E-state index contributed by atoms with van der Waals surface area (Å²) < 4.78 is 65.9. The maximum absolute atomic E-state index is 12.7. The maximum Gasteiger partial charge on any atom is 0.417 e. The number of rotatable bonds is 7. The summed E-state index contributed by atoms with van der Waals surface area (Å²) in [6.07, 6.45) is -3.74. The lowest BCUT2D eigenvalue weighted by Crippen LogP contribution is -2.20. The molecule has 31 heavy (non-hydrogen) atoms. The lowest BCUT2D eigenvalue weighted by molar-refractivity contribution is -0.137. The number of halogens is 3. The number of likely N-dealkylation sites (N-methyl/N-ethyl adjacent to an activating group) is 1. The summed E-state index contributed by atoms with van der Waals surface area (Å²) in [4.78, 5) is 3.79. The largest absolute Gasteiger partial charge is 0.417 e. The van der Waals surface area contributed by atoms with Crippen molar-refractivity contribution in [1.82, 2.24) is 10.3 Å². The zero-order valence-corrected chi connectivity index (χ0v) is 17.2. The van der Waals surface area contributed by atoms with E-state index >= 15 is 0 Å². The normalized spacial score (nSPS) is 13.1. The van der Waals surface area contributed by atoms with Gasteiger partial charge in [-0.25, -0.2) is 8.42 Å². The van der Waals surface area contributed by atoms with Crippen molar-refractivity contribution in [2.75, 3.05) is 18.4 Å². The van der Waals surface area contributed by atoms with E-state index in [1.807, 2.05) is 0 Å². The van der Waals surface area contributed by atoms with Gasteiger partial charge < -0.3 is 10.4 Å². The van der Waals surface area contributed by atoms with Gasteiger partial charge in [0.05, 0.1) is 28.8 Å². The summed E-state index contributed by atoms with van der Waals surface area (Å²) in [5, 5.41) is 12.3. The number of nitrogens with zero attached hydrogens (tertiary/aromatic N) is 1. The van der Waals surface area contributed by atoms with Gasteiger partial charge in [-0.3, -0.25) is 9.71 Å².